The van der Waals surface area contributed by atoms with Gasteiger partial charge in [0, 0.05) is 63.1 Å². The lowest BCUT2D eigenvalue weighted by atomic mass is 9.88. The van der Waals surface area contributed by atoms with Gasteiger partial charge in [-0.2, -0.15) is 0 Å². The van der Waals surface area contributed by atoms with Gasteiger partial charge in [0.1, 0.15) is 17.7 Å². The smallest absolute Gasteiger partial charge is 0.298 e. The molecule has 2 atom stereocenters. The van der Waals surface area contributed by atoms with Gasteiger partial charge in [-0.1, -0.05) is 12.0 Å². The molecule has 5 heterocycles. The molecule has 4 aliphatic rings. The van der Waals surface area contributed by atoms with Crippen LogP contribution in [-0.2, 0) is 9.53 Å². The van der Waals surface area contributed by atoms with Crippen LogP contribution >= 0.6 is 0 Å². The third-order valence-corrected chi connectivity index (χ3v) is 8.15. The average molecular weight is 502 g/mol. The Bertz CT molecular complexity index is 1260. The molecule has 37 heavy (non-hydrogen) atoms. The van der Waals surface area contributed by atoms with Crippen LogP contribution in [0.15, 0.2) is 24.4 Å². The third-order valence-electron chi connectivity index (χ3n) is 8.15. The van der Waals surface area contributed by atoms with Crippen LogP contribution in [-0.4, -0.2) is 79.2 Å². The lowest BCUT2D eigenvalue weighted by Crippen LogP contribution is -2.51. The van der Waals surface area contributed by atoms with Gasteiger partial charge in [0.25, 0.3) is 5.91 Å². The van der Waals surface area contributed by atoms with Crippen molar-refractivity contribution in [1.29, 1.82) is 0 Å². The number of amides is 1. The number of rotatable bonds is 3. The summed E-state index contributed by atoms with van der Waals surface area (Å²) < 4.78 is 12.1. The standard InChI is InChI=1S/C29H35N5O3/c1-4-5-26(35)33-9-7-23(18-33)34-16-22(17-34)21-14-19(2)28-24(15-21)31-29-27(20(3)37-28)25(6-8-30-29)32-10-12-36-13-11-32/h6,8,14-15,20,22-23H,7,9-13,16-18H2,1-3H3,(H,30,31)/t20-,23-/m1/s1. The minimum Gasteiger partial charge on any atom is -0.483 e. The maximum absolute atomic E-state index is 12.1. The minimum absolute atomic E-state index is 0.0468. The predicted octanol–water partition coefficient (Wildman–Crippen LogP) is 3.45. The van der Waals surface area contributed by atoms with Crippen molar-refractivity contribution in [2.45, 2.75) is 45.3 Å². The average Bonchev–Trinajstić information content (AvgIpc) is 3.30. The molecular weight excluding hydrogens is 466 g/mol. The van der Waals surface area contributed by atoms with Gasteiger partial charge < -0.3 is 24.6 Å². The minimum atomic E-state index is -0.121. The summed E-state index contributed by atoms with van der Waals surface area (Å²) in [6, 6.07) is 7.05. The van der Waals surface area contributed by atoms with E-state index >= 15 is 0 Å². The Labute approximate surface area is 218 Å². The van der Waals surface area contributed by atoms with E-state index in [1.165, 1.54) is 11.3 Å². The summed E-state index contributed by atoms with van der Waals surface area (Å²) in [6.07, 6.45) is 2.79. The van der Waals surface area contributed by atoms with Gasteiger partial charge in [0.15, 0.2) is 0 Å². The van der Waals surface area contributed by atoms with Crippen LogP contribution < -0.4 is 15.0 Å². The number of fused-ring (bicyclic) bond motifs is 2. The van der Waals surface area contributed by atoms with Crippen molar-refractivity contribution in [2.24, 2.45) is 0 Å². The number of ether oxygens (including phenoxy) is 2. The van der Waals surface area contributed by atoms with E-state index in [9.17, 15) is 4.79 Å². The van der Waals surface area contributed by atoms with Crippen LogP contribution in [0, 0.1) is 18.8 Å². The number of benzene rings is 1. The molecule has 0 saturated carbocycles. The number of aryl methyl sites for hydroxylation is 1. The number of carbonyl (C=O) groups excluding carboxylic acids is 1. The number of anilines is 3. The molecule has 0 radical (unpaired) electrons. The van der Waals surface area contributed by atoms with E-state index in [0.29, 0.717) is 12.0 Å². The van der Waals surface area contributed by atoms with Crippen molar-refractivity contribution in [3.8, 4) is 17.6 Å². The Morgan fingerprint density at radius 3 is 2.76 bits per heavy atom. The van der Waals surface area contributed by atoms with E-state index in [4.69, 9.17) is 14.5 Å². The summed E-state index contributed by atoms with van der Waals surface area (Å²) in [5.41, 5.74) is 5.72. The molecule has 8 nitrogen and oxygen atoms in total. The SMILES string of the molecule is CC#CC(=O)N1CC[C@@H](N2CC(c3cc(C)c4c(c3)Nc3nccc(N5CCOCC5)c3[C@@H](C)O4)C2)C1. The molecule has 194 valence electrons. The molecule has 2 aromatic rings. The van der Waals surface area contributed by atoms with Crippen LogP contribution in [0.25, 0.3) is 0 Å². The first-order valence-corrected chi connectivity index (χ1v) is 13.4. The summed E-state index contributed by atoms with van der Waals surface area (Å²) >= 11 is 0. The highest BCUT2D eigenvalue weighted by atomic mass is 16.5. The molecule has 8 heteroatoms. The summed E-state index contributed by atoms with van der Waals surface area (Å²) in [4.78, 5) is 23.6. The Morgan fingerprint density at radius 1 is 1.16 bits per heavy atom. The van der Waals surface area contributed by atoms with Gasteiger partial charge >= 0.3 is 0 Å². The number of nitrogens with one attached hydrogen (secondary N) is 1. The zero-order chi connectivity index (χ0) is 25.5. The third kappa shape index (κ3) is 4.51. The second kappa shape index (κ2) is 9.88. The van der Waals surface area contributed by atoms with E-state index in [1.54, 1.807) is 6.92 Å². The van der Waals surface area contributed by atoms with Crippen LogP contribution in [0.3, 0.4) is 0 Å². The van der Waals surface area contributed by atoms with Crippen molar-refractivity contribution in [3.05, 3.63) is 41.1 Å². The summed E-state index contributed by atoms with van der Waals surface area (Å²) in [5, 5.41) is 3.63. The Hall–Kier alpha value is -3.28. The fourth-order valence-electron chi connectivity index (χ4n) is 6.13. The van der Waals surface area contributed by atoms with Crippen LogP contribution in [0.4, 0.5) is 17.2 Å². The van der Waals surface area contributed by atoms with Gasteiger partial charge in [-0.15, -0.1) is 0 Å². The summed E-state index contributed by atoms with van der Waals surface area (Å²) in [7, 11) is 0. The quantitative estimate of drug-likeness (QED) is 0.646. The van der Waals surface area contributed by atoms with Crippen molar-refractivity contribution in [3.63, 3.8) is 0 Å². The van der Waals surface area contributed by atoms with Gasteiger partial charge in [-0.05, 0) is 56.4 Å². The first kappa shape index (κ1) is 24.1. The molecule has 4 aliphatic heterocycles. The number of hydrogen-bond donors (Lipinski definition) is 1. The summed E-state index contributed by atoms with van der Waals surface area (Å²) in [5.74, 6) is 7.60. The molecule has 0 unspecified atom stereocenters. The number of aromatic nitrogens is 1. The molecule has 0 aliphatic carbocycles. The first-order chi connectivity index (χ1) is 18.0. The monoisotopic (exact) mass is 501 g/mol. The second-order valence-corrected chi connectivity index (χ2v) is 10.5. The predicted molar refractivity (Wildman–Crippen MR) is 144 cm³/mol. The lowest BCUT2D eigenvalue weighted by molar-refractivity contribution is -0.124. The molecule has 6 rings (SSSR count). The van der Waals surface area contributed by atoms with Crippen molar-refractivity contribution in [1.82, 2.24) is 14.8 Å². The molecule has 1 N–H and O–H groups in total. The Balaban J connectivity index is 1.19. The van der Waals surface area contributed by atoms with E-state index < -0.39 is 0 Å². The highest BCUT2D eigenvalue weighted by Gasteiger charge is 2.38. The zero-order valence-electron chi connectivity index (χ0n) is 21.9. The highest BCUT2D eigenvalue weighted by molar-refractivity contribution is 5.93. The van der Waals surface area contributed by atoms with E-state index in [1.807, 2.05) is 11.1 Å². The molecule has 3 saturated heterocycles. The maximum atomic E-state index is 12.1. The number of hydrogen-bond acceptors (Lipinski definition) is 7. The highest BCUT2D eigenvalue weighted by Crippen LogP contribution is 2.45. The molecule has 3 fully saturated rings. The van der Waals surface area contributed by atoms with Gasteiger partial charge in [0.05, 0.1) is 24.5 Å². The molecular formula is C29H35N5O3. The number of nitrogens with zero attached hydrogens (tertiary/aromatic N) is 4. The molecule has 0 spiro atoms. The lowest BCUT2D eigenvalue weighted by Gasteiger charge is -2.43. The van der Waals surface area contributed by atoms with Crippen molar-refractivity contribution < 1.29 is 14.3 Å². The van der Waals surface area contributed by atoms with Crippen molar-refractivity contribution >= 4 is 23.1 Å². The normalized spacial score (nSPS) is 23.5. The Morgan fingerprint density at radius 2 is 1.97 bits per heavy atom. The number of likely N-dealkylation sites (tertiary alicyclic amines) is 2. The van der Waals surface area contributed by atoms with E-state index in [0.717, 1.165) is 87.3 Å². The fraction of sp³-hybridized carbons (Fsp3) is 0.517. The largest absolute Gasteiger partial charge is 0.483 e. The van der Waals surface area contributed by atoms with Crippen LogP contribution in [0.1, 0.15) is 49.0 Å². The van der Waals surface area contributed by atoms with Crippen LogP contribution in [0.2, 0.25) is 0 Å². The van der Waals surface area contributed by atoms with Crippen LogP contribution in [0.5, 0.6) is 5.75 Å². The molecule has 1 aromatic heterocycles. The molecule has 1 aromatic carbocycles. The first-order valence-electron chi connectivity index (χ1n) is 13.4. The Kier molecular flexibility index (Phi) is 6.43. The fourth-order valence-corrected chi connectivity index (χ4v) is 6.13. The maximum Gasteiger partial charge on any atom is 0.298 e. The number of carbonyl (C=O) groups is 1. The van der Waals surface area contributed by atoms with Crippen molar-refractivity contribution in [2.75, 3.05) is 62.7 Å². The zero-order valence-corrected chi connectivity index (χ0v) is 21.9. The van der Waals surface area contributed by atoms with E-state index in [-0.39, 0.29) is 12.0 Å². The second-order valence-electron chi connectivity index (χ2n) is 10.5. The molecule has 1 amide bonds. The van der Waals surface area contributed by atoms with E-state index in [2.05, 4.69) is 59.0 Å². The summed E-state index contributed by atoms with van der Waals surface area (Å²) in [6.45, 7) is 12.8. The number of pyridine rings is 1. The topological polar surface area (TPSA) is 70.2 Å². The number of morpholine rings is 1. The van der Waals surface area contributed by atoms with Gasteiger partial charge in [0.2, 0.25) is 0 Å². The van der Waals surface area contributed by atoms with Gasteiger partial charge in [-0.3, -0.25) is 9.69 Å². The van der Waals surface area contributed by atoms with Gasteiger partial charge in [-0.25, -0.2) is 4.98 Å². The molecule has 0 bridgehead atoms.